The summed E-state index contributed by atoms with van der Waals surface area (Å²) in [4.78, 5) is 29.2. The fourth-order valence-corrected chi connectivity index (χ4v) is 3.92. The van der Waals surface area contributed by atoms with Crippen molar-refractivity contribution in [3.63, 3.8) is 0 Å². The Hall–Kier alpha value is -3.46. The molecule has 0 spiro atoms. The zero-order valence-electron chi connectivity index (χ0n) is 17.6. The molecular weight excluding hydrogens is 430 g/mol. The number of hydrogen-bond acceptors (Lipinski definition) is 8. The standard InChI is InChI=1S/C23H23N3O5S/c1-2-29-23(28)13-16-12-22(26-18-6-4-3-5-17(18)24-16)32-14-21(27)25-15-7-8-19-20(11-15)31-10-9-30-19/h3-8,11-12,24H,2,9-10,13-14H2,1H3,(H,25,27). The van der Waals surface area contributed by atoms with E-state index >= 15 is 0 Å². The average molecular weight is 454 g/mol. The lowest BCUT2D eigenvalue weighted by atomic mass is 10.2. The highest BCUT2D eigenvalue weighted by Gasteiger charge is 2.16. The van der Waals surface area contributed by atoms with Gasteiger partial charge < -0.3 is 24.8 Å². The third-order valence-electron chi connectivity index (χ3n) is 4.54. The van der Waals surface area contributed by atoms with Gasteiger partial charge in [0.2, 0.25) is 5.91 Å². The number of carbonyl (C=O) groups excluding carboxylic acids is 2. The van der Waals surface area contributed by atoms with Crippen LogP contribution in [0.25, 0.3) is 0 Å². The molecule has 0 unspecified atom stereocenters. The minimum absolute atomic E-state index is 0.0884. The SMILES string of the molecule is CCOC(=O)CC1=CC(SCC(=O)Nc2ccc3c(c2)OCCO3)=Nc2ccccc2N1. The van der Waals surface area contributed by atoms with Crippen LogP contribution in [0.2, 0.25) is 0 Å². The van der Waals surface area contributed by atoms with Crippen LogP contribution in [-0.4, -0.2) is 42.5 Å². The second kappa shape index (κ2) is 10.2. The van der Waals surface area contributed by atoms with Crippen molar-refractivity contribution in [3.05, 3.63) is 54.2 Å². The first-order chi connectivity index (χ1) is 15.6. The number of carbonyl (C=O) groups is 2. The van der Waals surface area contributed by atoms with E-state index < -0.39 is 0 Å². The molecule has 0 saturated carbocycles. The highest BCUT2D eigenvalue weighted by atomic mass is 32.2. The molecule has 2 N–H and O–H groups in total. The van der Waals surface area contributed by atoms with Gasteiger partial charge in [0.25, 0.3) is 0 Å². The molecule has 2 aliphatic rings. The van der Waals surface area contributed by atoms with E-state index in [1.165, 1.54) is 11.8 Å². The summed E-state index contributed by atoms with van der Waals surface area (Å²) in [6.45, 7) is 3.08. The van der Waals surface area contributed by atoms with E-state index in [1.54, 1.807) is 31.2 Å². The topological polar surface area (TPSA) is 98.3 Å². The molecule has 0 fully saturated rings. The van der Waals surface area contributed by atoms with Crippen molar-refractivity contribution in [3.8, 4) is 11.5 Å². The molecule has 2 heterocycles. The van der Waals surface area contributed by atoms with Crippen molar-refractivity contribution in [1.29, 1.82) is 0 Å². The number of rotatable bonds is 6. The van der Waals surface area contributed by atoms with E-state index in [9.17, 15) is 9.59 Å². The van der Waals surface area contributed by atoms with E-state index in [2.05, 4.69) is 15.6 Å². The van der Waals surface area contributed by atoms with Gasteiger partial charge in [0, 0.05) is 17.5 Å². The largest absolute Gasteiger partial charge is 0.486 e. The molecule has 0 aromatic heterocycles. The second-order valence-corrected chi connectivity index (χ2v) is 7.93. The zero-order chi connectivity index (χ0) is 22.3. The maximum Gasteiger partial charge on any atom is 0.311 e. The van der Waals surface area contributed by atoms with Crippen LogP contribution < -0.4 is 20.1 Å². The van der Waals surface area contributed by atoms with Crippen molar-refractivity contribution in [2.24, 2.45) is 4.99 Å². The molecule has 0 bridgehead atoms. The van der Waals surface area contributed by atoms with Gasteiger partial charge in [-0.25, -0.2) is 4.99 Å². The number of aliphatic imine (C=N–C) groups is 1. The number of anilines is 2. The summed E-state index contributed by atoms with van der Waals surface area (Å²) >= 11 is 1.29. The summed E-state index contributed by atoms with van der Waals surface area (Å²) in [5.41, 5.74) is 2.82. The normalized spacial score (nSPS) is 14.2. The van der Waals surface area contributed by atoms with Gasteiger partial charge in [-0.05, 0) is 37.3 Å². The molecular formula is C23H23N3O5S. The van der Waals surface area contributed by atoms with E-state index in [0.717, 1.165) is 11.4 Å². The lowest BCUT2D eigenvalue weighted by molar-refractivity contribution is -0.142. The molecule has 0 radical (unpaired) electrons. The van der Waals surface area contributed by atoms with Gasteiger partial charge in [0.1, 0.15) is 13.2 Å². The van der Waals surface area contributed by atoms with Crippen molar-refractivity contribution < 1.29 is 23.8 Å². The highest BCUT2D eigenvalue weighted by molar-refractivity contribution is 8.14. The van der Waals surface area contributed by atoms with Crippen LogP contribution in [0.3, 0.4) is 0 Å². The third-order valence-corrected chi connectivity index (χ3v) is 5.46. The summed E-state index contributed by atoms with van der Waals surface area (Å²) in [5.74, 6) is 0.927. The number of esters is 1. The molecule has 1 amide bonds. The molecule has 2 aromatic rings. The van der Waals surface area contributed by atoms with Gasteiger partial charge in [-0.15, -0.1) is 0 Å². The van der Waals surface area contributed by atoms with Crippen LogP contribution in [-0.2, 0) is 14.3 Å². The molecule has 9 heteroatoms. The van der Waals surface area contributed by atoms with Gasteiger partial charge in [0.05, 0.1) is 35.2 Å². The molecule has 166 valence electrons. The van der Waals surface area contributed by atoms with E-state index in [0.29, 0.717) is 47.7 Å². The first-order valence-electron chi connectivity index (χ1n) is 10.2. The Labute approximate surface area is 190 Å². The van der Waals surface area contributed by atoms with Crippen LogP contribution in [0.4, 0.5) is 17.1 Å². The molecule has 0 atom stereocenters. The lowest BCUT2D eigenvalue weighted by Crippen LogP contribution is -2.17. The first-order valence-corrected chi connectivity index (χ1v) is 11.2. The highest BCUT2D eigenvalue weighted by Crippen LogP contribution is 2.33. The van der Waals surface area contributed by atoms with Crippen LogP contribution in [0.1, 0.15) is 13.3 Å². The zero-order valence-corrected chi connectivity index (χ0v) is 18.4. The Morgan fingerprint density at radius 2 is 1.97 bits per heavy atom. The van der Waals surface area contributed by atoms with Crippen LogP contribution in [0.5, 0.6) is 11.5 Å². The van der Waals surface area contributed by atoms with Crippen molar-refractivity contribution in [1.82, 2.24) is 0 Å². The molecule has 0 aliphatic carbocycles. The Morgan fingerprint density at radius 1 is 1.16 bits per heavy atom. The summed E-state index contributed by atoms with van der Waals surface area (Å²) in [5, 5.41) is 6.73. The van der Waals surface area contributed by atoms with Crippen LogP contribution in [0.15, 0.2) is 59.2 Å². The van der Waals surface area contributed by atoms with Gasteiger partial charge >= 0.3 is 5.97 Å². The molecule has 0 saturated heterocycles. The minimum Gasteiger partial charge on any atom is -0.486 e. The number of para-hydroxylation sites is 2. The number of hydrogen-bond donors (Lipinski definition) is 2. The van der Waals surface area contributed by atoms with Gasteiger partial charge in [-0.1, -0.05) is 23.9 Å². The average Bonchev–Trinajstić information content (AvgIpc) is 2.96. The van der Waals surface area contributed by atoms with Gasteiger partial charge in [-0.2, -0.15) is 0 Å². The predicted molar refractivity (Wildman–Crippen MR) is 125 cm³/mol. The van der Waals surface area contributed by atoms with Crippen LogP contribution >= 0.6 is 11.8 Å². The number of nitrogens with zero attached hydrogens (tertiary/aromatic N) is 1. The number of fused-ring (bicyclic) bond motifs is 2. The summed E-state index contributed by atoms with van der Waals surface area (Å²) < 4.78 is 16.1. The first kappa shape index (κ1) is 21.8. The van der Waals surface area contributed by atoms with Crippen LogP contribution in [0, 0.1) is 0 Å². The smallest absolute Gasteiger partial charge is 0.311 e. The van der Waals surface area contributed by atoms with Crippen molar-refractivity contribution in [2.75, 3.05) is 36.2 Å². The predicted octanol–water partition coefficient (Wildman–Crippen LogP) is 4.12. The molecule has 4 rings (SSSR count). The maximum absolute atomic E-state index is 12.5. The lowest BCUT2D eigenvalue weighted by Gasteiger charge is -2.19. The molecule has 8 nitrogen and oxygen atoms in total. The number of benzene rings is 2. The number of thioether (sulfide) groups is 1. The molecule has 32 heavy (non-hydrogen) atoms. The quantitative estimate of drug-likeness (QED) is 0.635. The second-order valence-electron chi connectivity index (χ2n) is 6.94. The summed E-state index contributed by atoms with van der Waals surface area (Å²) in [6, 6.07) is 12.8. The number of amides is 1. The van der Waals surface area contributed by atoms with Crippen molar-refractivity contribution >= 4 is 45.7 Å². The fraction of sp³-hybridized carbons (Fsp3) is 0.261. The van der Waals surface area contributed by atoms with Gasteiger partial charge in [-0.3, -0.25) is 9.59 Å². The monoisotopic (exact) mass is 453 g/mol. The number of nitrogens with one attached hydrogen (secondary N) is 2. The number of ether oxygens (including phenoxy) is 3. The van der Waals surface area contributed by atoms with E-state index in [-0.39, 0.29) is 24.1 Å². The van der Waals surface area contributed by atoms with Gasteiger partial charge in [0.15, 0.2) is 11.5 Å². The molecule has 2 aliphatic heterocycles. The minimum atomic E-state index is -0.327. The third kappa shape index (κ3) is 5.61. The summed E-state index contributed by atoms with van der Waals surface area (Å²) in [7, 11) is 0. The van der Waals surface area contributed by atoms with Crippen molar-refractivity contribution in [2.45, 2.75) is 13.3 Å². The Kier molecular flexibility index (Phi) is 6.96. The Morgan fingerprint density at radius 3 is 2.81 bits per heavy atom. The fourth-order valence-electron chi connectivity index (χ4n) is 3.18. The Balaban J connectivity index is 1.43. The Bertz CT molecular complexity index is 1080. The maximum atomic E-state index is 12.5. The molecule has 2 aromatic carbocycles. The summed E-state index contributed by atoms with van der Waals surface area (Å²) in [6.07, 6.45) is 1.87. The van der Waals surface area contributed by atoms with E-state index in [4.69, 9.17) is 14.2 Å². The van der Waals surface area contributed by atoms with E-state index in [1.807, 2.05) is 24.3 Å².